The summed E-state index contributed by atoms with van der Waals surface area (Å²) in [5.41, 5.74) is 1.58. The lowest BCUT2D eigenvalue weighted by atomic mass is 10.2. The van der Waals surface area contributed by atoms with Crippen LogP contribution in [-0.4, -0.2) is 28.6 Å². The third-order valence-corrected chi connectivity index (χ3v) is 5.77. The molecule has 144 valence electrons. The standard InChI is InChI=1S/C18H11Br3N2O4S/c19-10-3-1-2-9(4-10)14-8-28-18(22-14)23-15(24)7-27-17(26)12-5-11(20)6-13(21)16(12)25/h1-6,8,25H,7H2,(H,22,23,24). The van der Waals surface area contributed by atoms with Crippen LogP contribution in [0.15, 0.2) is 55.2 Å². The number of carbonyl (C=O) groups is 2. The van der Waals surface area contributed by atoms with Crippen molar-refractivity contribution in [1.29, 1.82) is 0 Å². The Morgan fingerprint density at radius 2 is 1.93 bits per heavy atom. The molecule has 2 N–H and O–H groups in total. The summed E-state index contributed by atoms with van der Waals surface area (Å²) in [6, 6.07) is 10.6. The van der Waals surface area contributed by atoms with Gasteiger partial charge < -0.3 is 9.84 Å². The summed E-state index contributed by atoms with van der Waals surface area (Å²) in [4.78, 5) is 28.5. The number of nitrogens with zero attached hydrogens (tertiary/aromatic N) is 1. The number of amides is 1. The lowest BCUT2D eigenvalue weighted by Gasteiger charge is -2.08. The molecule has 0 aliphatic rings. The molecule has 1 heterocycles. The van der Waals surface area contributed by atoms with E-state index in [1.165, 1.54) is 17.4 Å². The molecule has 1 amide bonds. The predicted octanol–water partition coefficient (Wildman–Crippen LogP) is 5.60. The van der Waals surface area contributed by atoms with Crippen molar-refractivity contribution < 1.29 is 19.4 Å². The number of nitrogens with one attached hydrogen (secondary N) is 1. The lowest BCUT2D eigenvalue weighted by molar-refractivity contribution is -0.119. The van der Waals surface area contributed by atoms with Crippen LogP contribution in [0, 0.1) is 0 Å². The van der Waals surface area contributed by atoms with Gasteiger partial charge in [0.25, 0.3) is 5.91 Å². The van der Waals surface area contributed by atoms with Crippen LogP contribution in [0.25, 0.3) is 11.3 Å². The number of benzene rings is 2. The maximum Gasteiger partial charge on any atom is 0.342 e. The third kappa shape index (κ3) is 5.19. The Morgan fingerprint density at radius 1 is 1.14 bits per heavy atom. The minimum atomic E-state index is -0.816. The molecular weight excluding hydrogens is 580 g/mol. The summed E-state index contributed by atoms with van der Waals surface area (Å²) < 4.78 is 6.82. The normalized spacial score (nSPS) is 10.5. The fourth-order valence-electron chi connectivity index (χ4n) is 2.20. The molecule has 1 aromatic heterocycles. The Bertz CT molecular complexity index is 1060. The lowest BCUT2D eigenvalue weighted by Crippen LogP contribution is -2.21. The van der Waals surface area contributed by atoms with Crippen molar-refractivity contribution in [3.05, 3.63) is 60.8 Å². The molecule has 0 bridgehead atoms. The minimum absolute atomic E-state index is 0.0553. The van der Waals surface area contributed by atoms with Gasteiger partial charge in [-0.25, -0.2) is 9.78 Å². The second-order valence-electron chi connectivity index (χ2n) is 5.46. The first-order chi connectivity index (χ1) is 13.3. The molecule has 0 saturated carbocycles. The minimum Gasteiger partial charge on any atom is -0.506 e. The van der Waals surface area contributed by atoms with Gasteiger partial charge in [-0.3, -0.25) is 10.1 Å². The topological polar surface area (TPSA) is 88.5 Å². The van der Waals surface area contributed by atoms with Crippen LogP contribution < -0.4 is 5.32 Å². The molecule has 3 aromatic rings. The first-order valence-electron chi connectivity index (χ1n) is 7.70. The first kappa shape index (κ1) is 21.0. The maximum atomic E-state index is 12.1. The van der Waals surface area contributed by atoms with Crippen molar-refractivity contribution in [2.75, 3.05) is 11.9 Å². The number of hydrogen-bond acceptors (Lipinski definition) is 6. The van der Waals surface area contributed by atoms with E-state index in [-0.39, 0.29) is 11.3 Å². The summed E-state index contributed by atoms with van der Waals surface area (Å²) in [5.74, 6) is -1.60. The number of aromatic nitrogens is 1. The smallest absolute Gasteiger partial charge is 0.342 e. The van der Waals surface area contributed by atoms with E-state index in [1.807, 2.05) is 29.6 Å². The Hall–Kier alpha value is -1.75. The number of hydrogen-bond donors (Lipinski definition) is 2. The number of rotatable bonds is 5. The third-order valence-electron chi connectivity index (χ3n) is 3.45. The Kier molecular flexibility index (Phi) is 6.86. The molecule has 0 aliphatic heterocycles. The van der Waals surface area contributed by atoms with Crippen molar-refractivity contribution in [1.82, 2.24) is 4.98 Å². The van der Waals surface area contributed by atoms with Gasteiger partial charge in [-0.2, -0.15) is 0 Å². The average molecular weight is 591 g/mol. The number of aromatic hydroxyl groups is 1. The molecule has 0 fully saturated rings. The van der Waals surface area contributed by atoms with Crippen LogP contribution in [0.4, 0.5) is 5.13 Å². The van der Waals surface area contributed by atoms with Gasteiger partial charge in [-0.1, -0.05) is 44.0 Å². The Balaban J connectivity index is 1.60. The number of carbonyl (C=O) groups excluding carboxylic acids is 2. The molecule has 0 atom stereocenters. The monoisotopic (exact) mass is 588 g/mol. The second kappa shape index (κ2) is 9.17. The van der Waals surface area contributed by atoms with E-state index >= 15 is 0 Å². The molecule has 2 aromatic carbocycles. The predicted molar refractivity (Wildman–Crippen MR) is 118 cm³/mol. The van der Waals surface area contributed by atoms with Crippen LogP contribution in [0.1, 0.15) is 10.4 Å². The van der Waals surface area contributed by atoms with Gasteiger partial charge in [0.2, 0.25) is 0 Å². The molecule has 10 heteroatoms. The number of thiazole rings is 1. The highest BCUT2D eigenvalue weighted by Crippen LogP contribution is 2.32. The van der Waals surface area contributed by atoms with Crippen LogP contribution in [0.5, 0.6) is 5.75 Å². The zero-order valence-corrected chi connectivity index (χ0v) is 19.5. The highest BCUT2D eigenvalue weighted by Gasteiger charge is 2.18. The molecule has 28 heavy (non-hydrogen) atoms. The van der Waals surface area contributed by atoms with Crippen molar-refractivity contribution in [2.24, 2.45) is 0 Å². The SMILES string of the molecule is O=C(COC(=O)c1cc(Br)cc(Br)c1O)Nc1nc(-c2cccc(Br)c2)cs1. The van der Waals surface area contributed by atoms with E-state index in [9.17, 15) is 14.7 Å². The Labute approximate surface area is 189 Å². The molecule has 6 nitrogen and oxygen atoms in total. The number of ether oxygens (including phenoxy) is 1. The van der Waals surface area contributed by atoms with Crippen LogP contribution in [-0.2, 0) is 9.53 Å². The summed E-state index contributed by atoms with van der Waals surface area (Å²) in [6.45, 7) is -0.506. The summed E-state index contributed by atoms with van der Waals surface area (Å²) in [5, 5.41) is 14.7. The fraction of sp³-hybridized carbons (Fsp3) is 0.0556. The molecule has 0 radical (unpaired) electrons. The van der Waals surface area contributed by atoms with Gasteiger partial charge in [-0.05, 0) is 40.2 Å². The van der Waals surface area contributed by atoms with E-state index in [1.54, 1.807) is 6.07 Å². The molecule has 0 spiro atoms. The molecule has 0 unspecified atom stereocenters. The second-order valence-corrected chi connectivity index (χ2v) is 9.00. The molecule has 3 rings (SSSR count). The highest BCUT2D eigenvalue weighted by molar-refractivity contribution is 9.11. The number of phenolic OH excluding ortho intramolecular Hbond substituents is 1. The average Bonchev–Trinajstić information content (AvgIpc) is 3.11. The molecule has 0 aliphatic carbocycles. The van der Waals surface area contributed by atoms with E-state index in [0.717, 1.165) is 15.7 Å². The maximum absolute atomic E-state index is 12.1. The quantitative estimate of drug-likeness (QED) is 0.378. The van der Waals surface area contributed by atoms with Gasteiger partial charge in [-0.15, -0.1) is 11.3 Å². The van der Waals surface area contributed by atoms with Gasteiger partial charge in [0, 0.05) is 19.9 Å². The number of halogens is 3. The van der Waals surface area contributed by atoms with Crippen molar-refractivity contribution >= 4 is 76.1 Å². The zero-order valence-electron chi connectivity index (χ0n) is 13.9. The van der Waals surface area contributed by atoms with Crippen molar-refractivity contribution in [2.45, 2.75) is 0 Å². The summed E-state index contributed by atoms with van der Waals surface area (Å²) >= 11 is 11.0. The van der Waals surface area contributed by atoms with E-state index in [2.05, 4.69) is 58.1 Å². The summed E-state index contributed by atoms with van der Waals surface area (Å²) in [6.07, 6.45) is 0. The first-order valence-corrected chi connectivity index (χ1v) is 11.0. The zero-order chi connectivity index (χ0) is 20.3. The van der Waals surface area contributed by atoms with Gasteiger partial charge in [0.05, 0.1) is 10.2 Å². The number of esters is 1. The molecule has 0 saturated heterocycles. The highest BCUT2D eigenvalue weighted by atomic mass is 79.9. The number of phenols is 1. The van der Waals surface area contributed by atoms with Gasteiger partial charge in [0.1, 0.15) is 11.3 Å². The fourth-order valence-corrected chi connectivity index (χ4v) is 4.56. The van der Waals surface area contributed by atoms with E-state index in [4.69, 9.17) is 4.74 Å². The van der Waals surface area contributed by atoms with Gasteiger partial charge >= 0.3 is 5.97 Å². The molecular formula is C18H11Br3N2O4S. The largest absolute Gasteiger partial charge is 0.506 e. The van der Waals surface area contributed by atoms with E-state index < -0.39 is 18.5 Å². The van der Waals surface area contributed by atoms with Crippen LogP contribution >= 0.6 is 59.1 Å². The van der Waals surface area contributed by atoms with E-state index in [0.29, 0.717) is 14.1 Å². The Morgan fingerprint density at radius 3 is 2.68 bits per heavy atom. The summed E-state index contributed by atoms with van der Waals surface area (Å²) in [7, 11) is 0. The number of anilines is 1. The van der Waals surface area contributed by atoms with Gasteiger partial charge in [0.15, 0.2) is 11.7 Å². The van der Waals surface area contributed by atoms with Crippen LogP contribution in [0.3, 0.4) is 0 Å². The van der Waals surface area contributed by atoms with Crippen molar-refractivity contribution in [3.8, 4) is 17.0 Å². The van der Waals surface area contributed by atoms with Crippen molar-refractivity contribution in [3.63, 3.8) is 0 Å². The van der Waals surface area contributed by atoms with Crippen LogP contribution in [0.2, 0.25) is 0 Å².